The fourth-order valence-corrected chi connectivity index (χ4v) is 3.93. The second-order valence-electron chi connectivity index (χ2n) is 6.68. The van der Waals surface area contributed by atoms with Crippen LogP contribution in [0.2, 0.25) is 0 Å². The fourth-order valence-electron chi connectivity index (χ4n) is 3.93. The van der Waals surface area contributed by atoms with E-state index in [0.29, 0.717) is 0 Å². The number of hydrogen-bond donors (Lipinski definition) is 1. The second-order valence-corrected chi connectivity index (χ2v) is 6.68. The lowest BCUT2D eigenvalue weighted by molar-refractivity contribution is -0.167. The quantitative estimate of drug-likeness (QED) is 0.850. The molecule has 23 heavy (non-hydrogen) atoms. The van der Waals surface area contributed by atoms with E-state index in [9.17, 15) is 9.90 Å². The van der Waals surface area contributed by atoms with Crippen LogP contribution in [0.5, 0.6) is 0 Å². The smallest absolute Gasteiger partial charge is 0.228 e. The number of benzene rings is 1. The average Bonchev–Trinajstić information content (AvgIpc) is 2.89. The molecule has 4 heteroatoms. The summed E-state index contributed by atoms with van der Waals surface area (Å²) in [6.07, 6.45) is 4.89. The summed E-state index contributed by atoms with van der Waals surface area (Å²) in [5.41, 5.74) is 0.396. The Morgan fingerprint density at radius 1 is 1.43 bits per heavy atom. The lowest BCUT2D eigenvalue weighted by Crippen LogP contribution is -2.56. The number of rotatable bonds is 5. The number of carbonyl (C=O) groups is 1. The standard InChI is InChI=1S/C19H25NO3/c1-3-4-8-15-11-12-19(2)20(18(15)22)16(13-21)17(23-19)14-9-6-5-7-10-14/h3,5-7,9-10,15-17,21H,1,4,8,11-13H2,2H3/t15-,16+,17+,19-/m1/s1. The first-order valence-corrected chi connectivity index (χ1v) is 8.38. The predicted octanol–water partition coefficient (Wildman–Crippen LogP) is 3.04. The molecule has 1 aromatic rings. The van der Waals surface area contributed by atoms with Gasteiger partial charge in [0.1, 0.15) is 11.8 Å². The van der Waals surface area contributed by atoms with E-state index in [1.807, 2.05) is 48.2 Å². The molecule has 1 aromatic carbocycles. The van der Waals surface area contributed by atoms with Gasteiger partial charge in [-0.3, -0.25) is 4.79 Å². The Bertz CT molecular complexity index is 573. The summed E-state index contributed by atoms with van der Waals surface area (Å²) in [5.74, 6) is 0.117. The number of nitrogens with zero attached hydrogens (tertiary/aromatic N) is 1. The van der Waals surface area contributed by atoms with Crippen LogP contribution < -0.4 is 0 Å². The van der Waals surface area contributed by atoms with Crippen LogP contribution in [-0.4, -0.2) is 34.3 Å². The maximum absolute atomic E-state index is 13.0. The number of amides is 1. The topological polar surface area (TPSA) is 49.8 Å². The summed E-state index contributed by atoms with van der Waals surface area (Å²) in [6.45, 7) is 5.63. The Balaban J connectivity index is 1.88. The largest absolute Gasteiger partial charge is 0.394 e. The number of aliphatic hydroxyl groups excluding tert-OH is 1. The van der Waals surface area contributed by atoms with Crippen LogP contribution in [0.4, 0.5) is 0 Å². The van der Waals surface area contributed by atoms with E-state index in [4.69, 9.17) is 4.74 Å². The Morgan fingerprint density at radius 3 is 2.83 bits per heavy atom. The van der Waals surface area contributed by atoms with Crippen molar-refractivity contribution in [1.82, 2.24) is 4.90 Å². The first-order chi connectivity index (χ1) is 11.1. The van der Waals surface area contributed by atoms with Gasteiger partial charge >= 0.3 is 0 Å². The van der Waals surface area contributed by atoms with Gasteiger partial charge in [-0.25, -0.2) is 0 Å². The van der Waals surface area contributed by atoms with Gasteiger partial charge in [0, 0.05) is 5.92 Å². The van der Waals surface area contributed by atoms with Crippen molar-refractivity contribution in [2.75, 3.05) is 6.61 Å². The van der Waals surface area contributed by atoms with Gasteiger partial charge in [-0.15, -0.1) is 6.58 Å². The zero-order valence-corrected chi connectivity index (χ0v) is 13.6. The van der Waals surface area contributed by atoms with Gasteiger partial charge < -0.3 is 14.7 Å². The molecular weight excluding hydrogens is 290 g/mol. The zero-order valence-electron chi connectivity index (χ0n) is 13.6. The molecule has 4 nitrogen and oxygen atoms in total. The summed E-state index contributed by atoms with van der Waals surface area (Å²) >= 11 is 0. The molecule has 2 saturated heterocycles. The van der Waals surface area contributed by atoms with E-state index in [1.165, 1.54) is 0 Å². The minimum atomic E-state index is -0.615. The summed E-state index contributed by atoms with van der Waals surface area (Å²) in [7, 11) is 0. The van der Waals surface area contributed by atoms with Crippen molar-refractivity contribution in [3.63, 3.8) is 0 Å². The molecule has 4 atom stereocenters. The summed E-state index contributed by atoms with van der Waals surface area (Å²) in [5, 5.41) is 9.94. The Labute approximate surface area is 137 Å². The van der Waals surface area contributed by atoms with E-state index < -0.39 is 5.72 Å². The normalized spacial score (nSPS) is 33.6. The van der Waals surface area contributed by atoms with Gasteiger partial charge in [-0.1, -0.05) is 36.4 Å². The number of ether oxygens (including phenoxy) is 1. The van der Waals surface area contributed by atoms with Gasteiger partial charge in [0.05, 0.1) is 12.6 Å². The molecule has 1 N–H and O–H groups in total. The van der Waals surface area contributed by atoms with E-state index in [0.717, 1.165) is 31.2 Å². The van der Waals surface area contributed by atoms with Crippen LogP contribution in [0.3, 0.4) is 0 Å². The predicted molar refractivity (Wildman–Crippen MR) is 88.5 cm³/mol. The van der Waals surface area contributed by atoms with Crippen LogP contribution >= 0.6 is 0 Å². The second kappa shape index (κ2) is 6.46. The minimum Gasteiger partial charge on any atom is -0.394 e. The Kier molecular flexibility index (Phi) is 4.55. The molecule has 0 spiro atoms. The molecule has 0 saturated carbocycles. The van der Waals surface area contributed by atoms with Crippen LogP contribution in [0.25, 0.3) is 0 Å². The third kappa shape index (κ3) is 2.81. The lowest BCUT2D eigenvalue weighted by Gasteiger charge is -2.43. The average molecular weight is 315 g/mol. The summed E-state index contributed by atoms with van der Waals surface area (Å²) in [6, 6.07) is 9.55. The van der Waals surface area contributed by atoms with Gasteiger partial charge in [0.25, 0.3) is 0 Å². The third-order valence-electron chi connectivity index (χ3n) is 5.15. The zero-order chi connectivity index (χ0) is 16.4. The molecule has 2 fully saturated rings. The maximum atomic E-state index is 13.0. The molecule has 1 amide bonds. The van der Waals surface area contributed by atoms with Crippen molar-refractivity contribution in [2.45, 2.75) is 50.5 Å². The van der Waals surface area contributed by atoms with Crippen LogP contribution in [0.1, 0.15) is 44.3 Å². The van der Waals surface area contributed by atoms with E-state index in [-0.39, 0.29) is 30.6 Å². The molecule has 3 rings (SSSR count). The number of hydrogen-bond acceptors (Lipinski definition) is 3. The highest BCUT2D eigenvalue weighted by atomic mass is 16.5. The van der Waals surface area contributed by atoms with Gasteiger partial charge in [0.2, 0.25) is 5.91 Å². The number of aliphatic hydroxyl groups is 1. The van der Waals surface area contributed by atoms with E-state index >= 15 is 0 Å². The monoisotopic (exact) mass is 315 g/mol. The molecule has 0 bridgehead atoms. The van der Waals surface area contributed by atoms with Crippen molar-refractivity contribution >= 4 is 5.91 Å². The number of allylic oxidation sites excluding steroid dienone is 1. The van der Waals surface area contributed by atoms with E-state index in [2.05, 4.69) is 6.58 Å². The molecule has 2 heterocycles. The molecule has 2 aliphatic heterocycles. The Hall–Kier alpha value is -1.65. The summed E-state index contributed by atoms with van der Waals surface area (Å²) < 4.78 is 6.29. The number of piperidine rings is 1. The van der Waals surface area contributed by atoms with Crippen molar-refractivity contribution < 1.29 is 14.6 Å². The van der Waals surface area contributed by atoms with Crippen LogP contribution in [0.15, 0.2) is 43.0 Å². The lowest BCUT2D eigenvalue weighted by atomic mass is 9.86. The third-order valence-corrected chi connectivity index (χ3v) is 5.15. The van der Waals surface area contributed by atoms with Crippen molar-refractivity contribution in [3.05, 3.63) is 48.6 Å². The highest BCUT2D eigenvalue weighted by molar-refractivity contribution is 5.81. The van der Waals surface area contributed by atoms with E-state index in [1.54, 1.807) is 0 Å². The van der Waals surface area contributed by atoms with Crippen LogP contribution in [0, 0.1) is 5.92 Å². The van der Waals surface area contributed by atoms with Crippen molar-refractivity contribution in [3.8, 4) is 0 Å². The minimum absolute atomic E-state index is 0.00764. The molecule has 0 aromatic heterocycles. The molecule has 0 aliphatic carbocycles. The van der Waals surface area contributed by atoms with Crippen molar-refractivity contribution in [2.24, 2.45) is 5.92 Å². The SMILES string of the molecule is C=CCC[C@@H]1CC[C@@]2(C)O[C@@H](c3ccccc3)[C@H](CO)N2C1=O. The molecule has 0 unspecified atom stereocenters. The first kappa shape index (κ1) is 16.2. The van der Waals surface area contributed by atoms with Gasteiger partial charge in [-0.05, 0) is 38.2 Å². The molecular formula is C19H25NO3. The highest BCUT2D eigenvalue weighted by Gasteiger charge is 2.55. The molecule has 0 radical (unpaired) electrons. The van der Waals surface area contributed by atoms with Crippen LogP contribution in [-0.2, 0) is 9.53 Å². The molecule has 124 valence electrons. The van der Waals surface area contributed by atoms with Gasteiger partial charge in [-0.2, -0.15) is 0 Å². The number of carbonyl (C=O) groups excluding carboxylic acids is 1. The van der Waals surface area contributed by atoms with Crippen molar-refractivity contribution in [1.29, 1.82) is 0 Å². The first-order valence-electron chi connectivity index (χ1n) is 8.38. The van der Waals surface area contributed by atoms with Gasteiger partial charge in [0.15, 0.2) is 0 Å². The number of fused-ring (bicyclic) bond motifs is 1. The highest BCUT2D eigenvalue weighted by Crippen LogP contribution is 2.47. The fraction of sp³-hybridized carbons (Fsp3) is 0.526. The Morgan fingerprint density at radius 2 is 2.17 bits per heavy atom. The molecule has 2 aliphatic rings. The summed E-state index contributed by atoms with van der Waals surface area (Å²) in [4.78, 5) is 14.8. The maximum Gasteiger partial charge on any atom is 0.228 e.